The Labute approximate surface area is 221 Å². The van der Waals surface area contributed by atoms with Gasteiger partial charge in [-0.3, -0.25) is 28.8 Å². The molecule has 0 aromatic rings. The van der Waals surface area contributed by atoms with Crippen LogP contribution < -0.4 is 32.7 Å². The number of carboxylic acids is 2. The number of rotatable bonds is 18. The highest BCUT2D eigenvalue weighted by atomic mass is 32.1. The van der Waals surface area contributed by atoms with Gasteiger partial charge in [-0.2, -0.15) is 12.6 Å². The third kappa shape index (κ3) is 13.8. The van der Waals surface area contributed by atoms with Crippen molar-refractivity contribution in [2.45, 2.75) is 83.1 Å². The Bertz CT molecular complexity index is 812. The second-order valence-electron chi connectivity index (χ2n) is 9.05. The number of carbonyl (C=O) groups is 6. The topological polar surface area (TPSA) is 243 Å². The highest BCUT2D eigenvalue weighted by Gasteiger charge is 2.31. The SMILES string of the molecule is CC(C)C[C@H](NC(=O)[C@H](CS)NC(=O)[C@H](CCCCN)NC(=O)[C@@H](N)CC(=O)O)C(=O)N[C@@H](C)C(=O)O. The molecule has 14 nitrogen and oxygen atoms in total. The standard InChI is InChI=1S/C22H40N6O8S/c1-11(2)8-15(20(33)25-12(3)22(35)36)27-21(34)16(10-37)28-19(32)14(6-4-5-7-23)26-18(31)13(24)9-17(29)30/h11-16,37H,4-10,23-24H2,1-3H3,(H,25,33)(H,26,31)(H,27,34)(H,28,32)(H,29,30)(H,35,36)/t12-,13-,14-,15-,16-/m0/s1. The number of nitrogens with two attached hydrogens (primary N) is 2. The molecule has 0 unspecified atom stereocenters. The number of nitrogens with one attached hydrogen (secondary N) is 4. The summed E-state index contributed by atoms with van der Waals surface area (Å²) in [6.07, 6.45) is 0.735. The number of hydrogen-bond acceptors (Lipinski definition) is 9. The maximum Gasteiger partial charge on any atom is 0.325 e. The van der Waals surface area contributed by atoms with E-state index in [1.807, 2.05) is 13.8 Å². The Kier molecular flexibility index (Phi) is 16.2. The molecule has 0 rings (SSSR count). The van der Waals surface area contributed by atoms with Crippen LogP contribution in [0.5, 0.6) is 0 Å². The lowest BCUT2D eigenvalue weighted by Crippen LogP contribution is -2.59. The number of carboxylic acid groups (broad SMARTS) is 2. The van der Waals surface area contributed by atoms with E-state index in [9.17, 15) is 28.8 Å². The van der Waals surface area contributed by atoms with Gasteiger partial charge in [0.2, 0.25) is 23.6 Å². The Hall–Kier alpha value is -2.91. The minimum absolute atomic E-state index is 0.0302. The Morgan fingerprint density at radius 3 is 1.78 bits per heavy atom. The first-order chi connectivity index (χ1) is 17.2. The number of unbranched alkanes of at least 4 members (excludes halogenated alkanes) is 1. The molecule has 0 radical (unpaired) electrons. The van der Waals surface area contributed by atoms with E-state index < -0.39 is 72.2 Å². The molecule has 0 fully saturated rings. The van der Waals surface area contributed by atoms with E-state index in [0.29, 0.717) is 19.4 Å². The second-order valence-corrected chi connectivity index (χ2v) is 9.42. The van der Waals surface area contributed by atoms with Gasteiger partial charge in [0.1, 0.15) is 24.2 Å². The van der Waals surface area contributed by atoms with Crippen molar-refractivity contribution >= 4 is 48.2 Å². The summed E-state index contributed by atoms with van der Waals surface area (Å²) in [7, 11) is 0. The fourth-order valence-electron chi connectivity index (χ4n) is 3.14. The smallest absolute Gasteiger partial charge is 0.325 e. The highest BCUT2D eigenvalue weighted by Crippen LogP contribution is 2.07. The van der Waals surface area contributed by atoms with Crippen LogP contribution in [0.15, 0.2) is 0 Å². The summed E-state index contributed by atoms with van der Waals surface area (Å²) >= 11 is 4.11. The van der Waals surface area contributed by atoms with Crippen LogP contribution in [0.1, 0.15) is 52.9 Å². The van der Waals surface area contributed by atoms with Crippen molar-refractivity contribution in [2.75, 3.05) is 12.3 Å². The molecule has 10 N–H and O–H groups in total. The number of hydrogen-bond donors (Lipinski definition) is 9. The minimum atomic E-state index is -1.38. The summed E-state index contributed by atoms with van der Waals surface area (Å²) in [6.45, 7) is 5.26. The molecule has 0 aromatic carbocycles. The van der Waals surface area contributed by atoms with Gasteiger partial charge in [0.05, 0.1) is 12.5 Å². The number of aliphatic carboxylic acids is 2. The monoisotopic (exact) mass is 548 g/mol. The lowest BCUT2D eigenvalue weighted by molar-refractivity contribution is -0.142. The molecule has 0 bridgehead atoms. The first-order valence-corrected chi connectivity index (χ1v) is 12.6. The van der Waals surface area contributed by atoms with Crippen molar-refractivity contribution < 1.29 is 39.0 Å². The van der Waals surface area contributed by atoms with Gasteiger partial charge >= 0.3 is 11.9 Å². The highest BCUT2D eigenvalue weighted by molar-refractivity contribution is 7.80. The lowest BCUT2D eigenvalue weighted by atomic mass is 10.0. The van der Waals surface area contributed by atoms with E-state index >= 15 is 0 Å². The van der Waals surface area contributed by atoms with Gasteiger partial charge < -0.3 is 42.9 Å². The molecule has 0 saturated heterocycles. The maximum absolute atomic E-state index is 12.9. The van der Waals surface area contributed by atoms with Crippen molar-refractivity contribution in [3.63, 3.8) is 0 Å². The third-order valence-electron chi connectivity index (χ3n) is 5.20. The van der Waals surface area contributed by atoms with Crippen LogP contribution in [0.2, 0.25) is 0 Å². The van der Waals surface area contributed by atoms with Crippen molar-refractivity contribution in [2.24, 2.45) is 17.4 Å². The van der Waals surface area contributed by atoms with Gasteiger partial charge in [0.15, 0.2) is 0 Å². The molecule has 0 heterocycles. The number of amides is 4. The van der Waals surface area contributed by atoms with E-state index in [4.69, 9.17) is 21.7 Å². The van der Waals surface area contributed by atoms with Crippen molar-refractivity contribution in [3.05, 3.63) is 0 Å². The van der Waals surface area contributed by atoms with Crippen LogP contribution in [-0.2, 0) is 28.8 Å². The van der Waals surface area contributed by atoms with Crippen LogP contribution in [0.4, 0.5) is 0 Å². The molecule has 0 aromatic heterocycles. The summed E-state index contributed by atoms with van der Waals surface area (Å²) in [5.41, 5.74) is 11.1. The molecule has 15 heteroatoms. The largest absolute Gasteiger partial charge is 0.481 e. The predicted molar refractivity (Wildman–Crippen MR) is 137 cm³/mol. The zero-order valence-electron chi connectivity index (χ0n) is 21.4. The molecule has 0 aliphatic heterocycles. The van der Waals surface area contributed by atoms with E-state index in [-0.39, 0.29) is 24.5 Å². The van der Waals surface area contributed by atoms with Crippen LogP contribution >= 0.6 is 12.6 Å². The van der Waals surface area contributed by atoms with Crippen molar-refractivity contribution in [3.8, 4) is 0 Å². The first-order valence-electron chi connectivity index (χ1n) is 12.0. The summed E-state index contributed by atoms with van der Waals surface area (Å²) < 4.78 is 0. The molecule has 0 aliphatic rings. The first kappa shape index (κ1) is 34.1. The normalized spacial score (nSPS) is 15.0. The lowest BCUT2D eigenvalue weighted by Gasteiger charge is -2.26. The van der Waals surface area contributed by atoms with E-state index in [1.54, 1.807) is 0 Å². The Morgan fingerprint density at radius 1 is 0.784 bits per heavy atom. The van der Waals surface area contributed by atoms with Crippen LogP contribution in [0.25, 0.3) is 0 Å². The molecular formula is C22H40N6O8S. The van der Waals surface area contributed by atoms with Crippen LogP contribution in [0.3, 0.4) is 0 Å². The molecule has 212 valence electrons. The molecule has 37 heavy (non-hydrogen) atoms. The van der Waals surface area contributed by atoms with Gasteiger partial charge in [0, 0.05) is 5.75 Å². The van der Waals surface area contributed by atoms with Crippen LogP contribution in [0, 0.1) is 5.92 Å². The molecule has 0 spiro atoms. The Balaban J connectivity index is 5.48. The van der Waals surface area contributed by atoms with E-state index in [0.717, 1.165) is 0 Å². The zero-order valence-corrected chi connectivity index (χ0v) is 22.3. The quantitative estimate of drug-likeness (QED) is 0.0669. The number of thiol groups is 1. The van der Waals surface area contributed by atoms with Gasteiger partial charge in [-0.15, -0.1) is 0 Å². The number of carbonyl (C=O) groups excluding carboxylic acids is 4. The van der Waals surface area contributed by atoms with Crippen LogP contribution in [-0.4, -0.2) is 88.3 Å². The van der Waals surface area contributed by atoms with Gasteiger partial charge in [0.25, 0.3) is 0 Å². The summed E-state index contributed by atoms with van der Waals surface area (Å²) in [5, 5.41) is 27.6. The molecule has 0 saturated carbocycles. The van der Waals surface area contributed by atoms with Gasteiger partial charge in [-0.25, -0.2) is 0 Å². The molecule has 5 atom stereocenters. The van der Waals surface area contributed by atoms with E-state index in [2.05, 4.69) is 33.9 Å². The van der Waals surface area contributed by atoms with Gasteiger partial charge in [-0.05, 0) is 45.1 Å². The minimum Gasteiger partial charge on any atom is -0.481 e. The third-order valence-corrected chi connectivity index (χ3v) is 5.56. The average Bonchev–Trinajstić information content (AvgIpc) is 2.80. The van der Waals surface area contributed by atoms with Crippen molar-refractivity contribution in [1.82, 2.24) is 21.3 Å². The van der Waals surface area contributed by atoms with Crippen molar-refractivity contribution in [1.29, 1.82) is 0 Å². The summed E-state index contributed by atoms with van der Waals surface area (Å²) in [5.74, 6) is -5.71. The summed E-state index contributed by atoms with van der Waals surface area (Å²) in [4.78, 5) is 72.6. The molecule has 0 aliphatic carbocycles. The van der Waals surface area contributed by atoms with E-state index in [1.165, 1.54) is 6.92 Å². The average molecular weight is 549 g/mol. The molecule has 4 amide bonds. The maximum atomic E-state index is 12.9. The predicted octanol–water partition coefficient (Wildman–Crippen LogP) is -2.06. The second kappa shape index (κ2) is 17.5. The fraction of sp³-hybridized carbons (Fsp3) is 0.727. The Morgan fingerprint density at radius 2 is 1.30 bits per heavy atom. The zero-order chi connectivity index (χ0) is 28.7. The summed E-state index contributed by atoms with van der Waals surface area (Å²) in [6, 6.07) is -5.95. The fourth-order valence-corrected chi connectivity index (χ4v) is 3.40. The molecular weight excluding hydrogens is 508 g/mol. The van der Waals surface area contributed by atoms with Gasteiger partial charge in [-0.1, -0.05) is 13.8 Å².